The lowest BCUT2D eigenvalue weighted by Crippen LogP contribution is -2.42. The Morgan fingerprint density at radius 2 is 0.935 bits per heavy atom. The van der Waals surface area contributed by atoms with Gasteiger partial charge in [0.1, 0.15) is 0 Å². The molecule has 0 saturated carbocycles. The molecule has 0 heterocycles. The summed E-state index contributed by atoms with van der Waals surface area (Å²) in [5.41, 5.74) is -1.10. The lowest BCUT2D eigenvalue weighted by atomic mass is 9.79. The Morgan fingerprint density at radius 3 is 1.19 bits per heavy atom. The van der Waals surface area contributed by atoms with E-state index in [9.17, 15) is 19.2 Å². The van der Waals surface area contributed by atoms with Gasteiger partial charge in [0.25, 0.3) is 0 Å². The molecule has 0 aliphatic rings. The number of rotatable bonds is 14. The van der Waals surface area contributed by atoms with Gasteiger partial charge in [-0.25, -0.2) is 0 Å². The summed E-state index contributed by atoms with van der Waals surface area (Å²) in [7, 11) is 0. The second kappa shape index (κ2) is 18.6. The molecule has 0 atom stereocenters. The van der Waals surface area contributed by atoms with E-state index in [1.165, 1.54) is 0 Å². The van der Waals surface area contributed by atoms with Crippen molar-refractivity contribution in [2.75, 3.05) is 26.4 Å². The van der Waals surface area contributed by atoms with Gasteiger partial charge in [-0.15, -0.1) is 0 Å². The van der Waals surface area contributed by atoms with Crippen molar-refractivity contribution in [3.8, 4) is 0 Å². The molecule has 0 N–H and O–H groups in total. The lowest BCUT2D eigenvalue weighted by molar-refractivity contribution is -0.173. The largest absolute Gasteiger partial charge is 0.465 e. The first-order valence-electron chi connectivity index (χ1n) is 11.4. The molecular formula is C23H42O8. The number of carbonyl (C=O) groups is 4. The third-order valence-corrected chi connectivity index (χ3v) is 4.41. The molecule has 0 aliphatic heterocycles. The molecule has 8 nitrogen and oxygen atoms in total. The molecule has 0 amide bonds. The Labute approximate surface area is 187 Å². The summed E-state index contributed by atoms with van der Waals surface area (Å²) in [4.78, 5) is 46.7. The fourth-order valence-corrected chi connectivity index (χ4v) is 3.11. The van der Waals surface area contributed by atoms with Crippen LogP contribution < -0.4 is 0 Å². The fraction of sp³-hybridized carbons (Fsp3) is 0.826. The van der Waals surface area contributed by atoms with Crippen LogP contribution in [-0.4, -0.2) is 50.3 Å². The highest BCUT2D eigenvalue weighted by atomic mass is 16.6. The number of ether oxygens (including phenoxy) is 4. The Hall–Kier alpha value is -2.12. The molecule has 0 aromatic carbocycles. The number of carbonyl (C=O) groups excluding carboxylic acids is 4. The first kappa shape index (κ1) is 31.1. The van der Waals surface area contributed by atoms with Crippen LogP contribution in [0.4, 0.5) is 0 Å². The van der Waals surface area contributed by atoms with Crippen LogP contribution in [0.2, 0.25) is 0 Å². The van der Waals surface area contributed by atoms with Gasteiger partial charge in [0.2, 0.25) is 0 Å². The molecule has 0 unspecified atom stereocenters. The van der Waals surface area contributed by atoms with E-state index in [-0.39, 0.29) is 13.2 Å². The van der Waals surface area contributed by atoms with Crippen LogP contribution in [0.25, 0.3) is 0 Å². The zero-order valence-electron chi connectivity index (χ0n) is 20.4. The zero-order chi connectivity index (χ0) is 24.3. The van der Waals surface area contributed by atoms with Crippen molar-refractivity contribution in [3.63, 3.8) is 0 Å². The Balaban J connectivity index is 0. The predicted molar refractivity (Wildman–Crippen MR) is 117 cm³/mol. The monoisotopic (exact) mass is 446 g/mol. The van der Waals surface area contributed by atoms with Gasteiger partial charge >= 0.3 is 23.9 Å². The fourth-order valence-electron chi connectivity index (χ4n) is 3.11. The van der Waals surface area contributed by atoms with Crippen molar-refractivity contribution in [3.05, 3.63) is 0 Å². The first-order chi connectivity index (χ1) is 14.8. The SMILES string of the molecule is CCCC(C(=O)OCC)C(=O)OCC.CCCC(CCC)(C(=O)OCC)C(=O)OCC. The molecular weight excluding hydrogens is 404 g/mol. The summed E-state index contributed by atoms with van der Waals surface area (Å²) in [5, 5.41) is 0. The van der Waals surface area contributed by atoms with E-state index < -0.39 is 35.2 Å². The first-order valence-corrected chi connectivity index (χ1v) is 11.4. The molecule has 8 heteroatoms. The molecule has 0 radical (unpaired) electrons. The minimum Gasteiger partial charge on any atom is -0.465 e. The summed E-state index contributed by atoms with van der Waals surface area (Å²) in [5.74, 6) is -2.59. The number of hydrogen-bond acceptors (Lipinski definition) is 8. The molecule has 0 saturated heterocycles. The van der Waals surface area contributed by atoms with Crippen LogP contribution in [0.5, 0.6) is 0 Å². The van der Waals surface area contributed by atoms with E-state index in [0.717, 1.165) is 19.3 Å². The van der Waals surface area contributed by atoms with Gasteiger partial charge in [0.05, 0.1) is 26.4 Å². The van der Waals surface area contributed by atoms with Crippen molar-refractivity contribution in [2.45, 2.75) is 87.0 Å². The molecule has 0 aromatic rings. The van der Waals surface area contributed by atoms with E-state index in [1.54, 1.807) is 27.7 Å². The molecule has 182 valence electrons. The average Bonchev–Trinajstić information content (AvgIpc) is 2.72. The van der Waals surface area contributed by atoms with Crippen molar-refractivity contribution in [1.29, 1.82) is 0 Å². The van der Waals surface area contributed by atoms with Crippen LogP contribution in [0.3, 0.4) is 0 Å². The number of hydrogen-bond donors (Lipinski definition) is 0. The second-order valence-electron chi connectivity index (χ2n) is 6.87. The highest BCUT2D eigenvalue weighted by Crippen LogP contribution is 2.33. The smallest absolute Gasteiger partial charge is 0.323 e. The standard InChI is InChI=1S/C13H24O4.C10H18O4/c1-5-9-13(10-6-2,11(14)16-7-3)12(15)17-8-4;1-4-7-8(9(11)13-5-2)10(12)14-6-3/h5-10H2,1-4H3;8H,4-7H2,1-3H3. The second-order valence-corrected chi connectivity index (χ2v) is 6.87. The normalized spacial score (nSPS) is 10.6. The molecule has 0 fully saturated rings. The molecule has 0 rings (SSSR count). The topological polar surface area (TPSA) is 105 Å². The van der Waals surface area contributed by atoms with Gasteiger partial charge in [0.15, 0.2) is 11.3 Å². The van der Waals surface area contributed by atoms with Gasteiger partial charge < -0.3 is 18.9 Å². The van der Waals surface area contributed by atoms with E-state index >= 15 is 0 Å². The Kier molecular flexibility index (Phi) is 18.7. The summed E-state index contributed by atoms with van der Waals surface area (Å²) < 4.78 is 19.6. The molecule has 31 heavy (non-hydrogen) atoms. The lowest BCUT2D eigenvalue weighted by Gasteiger charge is -2.28. The quantitative estimate of drug-likeness (QED) is 0.222. The van der Waals surface area contributed by atoms with Gasteiger partial charge in [-0.2, -0.15) is 0 Å². The van der Waals surface area contributed by atoms with Crippen LogP contribution in [-0.2, 0) is 38.1 Å². The van der Waals surface area contributed by atoms with Crippen LogP contribution >= 0.6 is 0 Å². The number of esters is 4. The van der Waals surface area contributed by atoms with Crippen molar-refractivity contribution in [2.24, 2.45) is 11.3 Å². The molecule has 0 bridgehead atoms. The maximum atomic E-state index is 12.0. The highest BCUT2D eigenvalue weighted by Gasteiger charge is 2.47. The van der Waals surface area contributed by atoms with Gasteiger partial charge in [-0.05, 0) is 47.0 Å². The van der Waals surface area contributed by atoms with Crippen molar-refractivity contribution < 1.29 is 38.1 Å². The van der Waals surface area contributed by atoms with Gasteiger partial charge in [-0.3, -0.25) is 19.2 Å². The van der Waals surface area contributed by atoms with E-state index in [0.29, 0.717) is 32.5 Å². The van der Waals surface area contributed by atoms with E-state index in [1.807, 2.05) is 20.8 Å². The third-order valence-electron chi connectivity index (χ3n) is 4.41. The van der Waals surface area contributed by atoms with Gasteiger partial charge in [0, 0.05) is 0 Å². The predicted octanol–water partition coefficient (Wildman–Crippen LogP) is 4.23. The minimum atomic E-state index is -1.10. The Bertz CT molecular complexity index is 486. The van der Waals surface area contributed by atoms with E-state index in [4.69, 9.17) is 18.9 Å². The van der Waals surface area contributed by atoms with Crippen molar-refractivity contribution in [1.82, 2.24) is 0 Å². The minimum absolute atomic E-state index is 0.285. The highest BCUT2D eigenvalue weighted by molar-refractivity contribution is 6.00. The van der Waals surface area contributed by atoms with Crippen molar-refractivity contribution >= 4 is 23.9 Å². The molecule has 0 aromatic heterocycles. The average molecular weight is 447 g/mol. The maximum absolute atomic E-state index is 12.0. The third kappa shape index (κ3) is 11.2. The zero-order valence-corrected chi connectivity index (χ0v) is 20.4. The Morgan fingerprint density at radius 1 is 0.581 bits per heavy atom. The summed E-state index contributed by atoms with van der Waals surface area (Å²) >= 11 is 0. The summed E-state index contributed by atoms with van der Waals surface area (Å²) in [6.07, 6.45) is 3.70. The maximum Gasteiger partial charge on any atom is 0.323 e. The van der Waals surface area contributed by atoms with Crippen LogP contribution in [0.15, 0.2) is 0 Å². The molecule has 0 aliphatic carbocycles. The van der Waals surface area contributed by atoms with E-state index in [2.05, 4.69) is 0 Å². The summed E-state index contributed by atoms with van der Waals surface area (Å²) in [6, 6.07) is 0. The molecule has 0 spiro atoms. The van der Waals surface area contributed by atoms with Crippen LogP contribution in [0.1, 0.15) is 87.0 Å². The van der Waals surface area contributed by atoms with Gasteiger partial charge in [-0.1, -0.05) is 40.0 Å². The summed E-state index contributed by atoms with van der Waals surface area (Å²) in [6.45, 7) is 13.9. The van der Waals surface area contributed by atoms with Crippen LogP contribution in [0, 0.1) is 11.3 Å².